The minimum Gasteiger partial charge on any atom is -0.508 e. The fourth-order valence-electron chi connectivity index (χ4n) is 2.10. The number of nitrogens with one attached hydrogen (secondary N) is 1. The number of hydrogen-bond acceptors (Lipinski definition) is 4. The molecule has 0 aliphatic carbocycles. The van der Waals surface area contributed by atoms with Crippen molar-refractivity contribution in [1.82, 2.24) is 5.32 Å². The van der Waals surface area contributed by atoms with E-state index in [2.05, 4.69) is 18.0 Å². The van der Waals surface area contributed by atoms with Crippen LogP contribution in [0, 0.1) is 11.3 Å². The lowest BCUT2D eigenvalue weighted by Crippen LogP contribution is -2.30. The number of allylic oxidation sites excluding steroid dienone is 1. The first-order chi connectivity index (χ1) is 9.65. The lowest BCUT2D eigenvalue weighted by atomic mass is 9.87. The summed E-state index contributed by atoms with van der Waals surface area (Å²) >= 11 is 1.38. The molecule has 1 atom stereocenters. The van der Waals surface area contributed by atoms with Crippen molar-refractivity contribution < 1.29 is 9.90 Å². The van der Waals surface area contributed by atoms with E-state index < -0.39 is 0 Å². The third kappa shape index (κ3) is 3.03. The van der Waals surface area contributed by atoms with Crippen LogP contribution in [0.15, 0.2) is 47.5 Å². The highest BCUT2D eigenvalue weighted by Crippen LogP contribution is 2.36. The predicted octanol–water partition coefficient (Wildman–Crippen LogP) is 2.65. The van der Waals surface area contributed by atoms with Crippen LogP contribution < -0.4 is 5.32 Å². The fraction of sp³-hybridized carbons (Fsp3) is 0.200. The molecule has 5 heteroatoms. The molecule has 1 aromatic carbocycles. The minimum absolute atomic E-state index is 0.121. The molecule has 1 aliphatic heterocycles. The largest absolute Gasteiger partial charge is 0.508 e. The van der Waals surface area contributed by atoms with Gasteiger partial charge in [0.2, 0.25) is 5.91 Å². The average Bonchev–Trinajstić information content (AvgIpc) is 2.44. The Morgan fingerprint density at radius 2 is 2.40 bits per heavy atom. The molecule has 0 bridgehead atoms. The molecule has 102 valence electrons. The topological polar surface area (TPSA) is 73.1 Å². The second-order valence-corrected chi connectivity index (χ2v) is 5.38. The van der Waals surface area contributed by atoms with E-state index in [1.807, 2.05) is 6.07 Å². The Hall–Kier alpha value is -2.19. The van der Waals surface area contributed by atoms with Gasteiger partial charge in [-0.15, -0.1) is 18.3 Å². The lowest BCUT2D eigenvalue weighted by Gasteiger charge is -2.24. The van der Waals surface area contributed by atoms with Crippen molar-refractivity contribution in [3.63, 3.8) is 0 Å². The summed E-state index contributed by atoms with van der Waals surface area (Å²) in [6.45, 7) is 3.63. The number of rotatable bonds is 4. The molecule has 0 aromatic heterocycles. The number of nitrogens with zero attached hydrogens (tertiary/aromatic N) is 1. The maximum absolute atomic E-state index is 11.8. The molecule has 1 aliphatic rings. The quantitative estimate of drug-likeness (QED) is 0.835. The predicted molar refractivity (Wildman–Crippen MR) is 78.9 cm³/mol. The number of carbonyl (C=O) groups excluding carboxylic acids is 1. The molecule has 0 spiro atoms. The maximum Gasteiger partial charge on any atom is 0.225 e. The van der Waals surface area contributed by atoms with Gasteiger partial charge in [0.15, 0.2) is 0 Å². The van der Waals surface area contributed by atoms with E-state index in [9.17, 15) is 15.2 Å². The van der Waals surface area contributed by atoms with Gasteiger partial charge in [-0.3, -0.25) is 4.79 Å². The van der Waals surface area contributed by atoms with Crippen LogP contribution in [0.1, 0.15) is 17.9 Å². The average molecular weight is 286 g/mol. The van der Waals surface area contributed by atoms with Gasteiger partial charge in [0.1, 0.15) is 5.75 Å². The second-order valence-electron chi connectivity index (χ2n) is 4.35. The number of thioether (sulfide) groups is 1. The van der Waals surface area contributed by atoms with E-state index in [-0.39, 0.29) is 24.0 Å². The Morgan fingerprint density at radius 1 is 1.60 bits per heavy atom. The monoisotopic (exact) mass is 286 g/mol. The van der Waals surface area contributed by atoms with Crippen molar-refractivity contribution >= 4 is 17.7 Å². The second kappa shape index (κ2) is 6.31. The maximum atomic E-state index is 11.8. The van der Waals surface area contributed by atoms with Crippen molar-refractivity contribution in [2.75, 3.05) is 5.75 Å². The van der Waals surface area contributed by atoms with Gasteiger partial charge in [0.05, 0.1) is 16.7 Å². The number of phenols is 1. The third-order valence-corrected chi connectivity index (χ3v) is 3.99. The number of carbonyl (C=O) groups is 1. The number of amides is 1. The highest BCUT2D eigenvalue weighted by atomic mass is 32.2. The van der Waals surface area contributed by atoms with E-state index in [1.54, 1.807) is 24.3 Å². The van der Waals surface area contributed by atoms with Gasteiger partial charge in [0.25, 0.3) is 0 Å². The van der Waals surface area contributed by atoms with Crippen LogP contribution in [0.4, 0.5) is 0 Å². The molecule has 20 heavy (non-hydrogen) atoms. The van der Waals surface area contributed by atoms with Gasteiger partial charge in [0, 0.05) is 18.1 Å². The molecule has 0 saturated heterocycles. The summed E-state index contributed by atoms with van der Waals surface area (Å²) in [6.07, 6.45) is 1.93. The zero-order valence-corrected chi connectivity index (χ0v) is 11.6. The van der Waals surface area contributed by atoms with Gasteiger partial charge in [-0.25, -0.2) is 0 Å². The zero-order chi connectivity index (χ0) is 14.5. The summed E-state index contributed by atoms with van der Waals surface area (Å²) in [5, 5.41) is 22.3. The summed E-state index contributed by atoms with van der Waals surface area (Å²) in [5.74, 6) is 0.316. The molecular formula is C15H14N2O2S. The summed E-state index contributed by atoms with van der Waals surface area (Å²) in [6, 6.07) is 8.86. The lowest BCUT2D eigenvalue weighted by molar-refractivity contribution is -0.120. The molecule has 0 fully saturated rings. The Balaban J connectivity index is 2.42. The van der Waals surface area contributed by atoms with Crippen LogP contribution in [-0.4, -0.2) is 16.8 Å². The highest BCUT2D eigenvalue weighted by Gasteiger charge is 2.29. The van der Waals surface area contributed by atoms with Gasteiger partial charge in [-0.05, 0) is 17.7 Å². The summed E-state index contributed by atoms with van der Waals surface area (Å²) < 4.78 is 0. The zero-order valence-electron chi connectivity index (χ0n) is 10.8. The molecule has 4 nitrogen and oxygen atoms in total. The Morgan fingerprint density at radius 3 is 3.05 bits per heavy atom. The number of hydrogen-bond donors (Lipinski definition) is 2. The van der Waals surface area contributed by atoms with E-state index in [4.69, 9.17) is 0 Å². The molecule has 1 heterocycles. The van der Waals surface area contributed by atoms with E-state index in [0.29, 0.717) is 16.4 Å². The van der Waals surface area contributed by atoms with Crippen LogP contribution in [0.3, 0.4) is 0 Å². The number of nitriles is 1. The SMILES string of the molecule is C=CCSC1=C(C#N)[C@H](c2cccc(O)c2)CC(=O)N1. The molecule has 0 saturated carbocycles. The van der Waals surface area contributed by atoms with Crippen LogP contribution in [-0.2, 0) is 4.79 Å². The van der Waals surface area contributed by atoms with Crippen LogP contribution in [0.5, 0.6) is 5.75 Å². The number of aromatic hydroxyl groups is 1. The van der Waals surface area contributed by atoms with Gasteiger partial charge < -0.3 is 10.4 Å². The van der Waals surface area contributed by atoms with Crippen molar-refractivity contribution in [2.24, 2.45) is 0 Å². The van der Waals surface area contributed by atoms with E-state index in [0.717, 1.165) is 5.56 Å². The first-order valence-electron chi connectivity index (χ1n) is 6.12. The fourth-order valence-corrected chi connectivity index (χ4v) is 2.92. The number of benzene rings is 1. The molecule has 0 unspecified atom stereocenters. The first-order valence-corrected chi connectivity index (χ1v) is 7.11. The third-order valence-electron chi connectivity index (χ3n) is 2.97. The summed E-state index contributed by atoms with van der Waals surface area (Å²) in [7, 11) is 0. The number of phenolic OH excluding ortho intramolecular Hbond substituents is 1. The Labute approximate surface area is 121 Å². The first kappa shape index (κ1) is 14.2. The Kier molecular flexibility index (Phi) is 4.49. The van der Waals surface area contributed by atoms with Crippen molar-refractivity contribution in [1.29, 1.82) is 5.26 Å². The molecule has 1 aromatic rings. The van der Waals surface area contributed by atoms with Crippen LogP contribution in [0.2, 0.25) is 0 Å². The van der Waals surface area contributed by atoms with Gasteiger partial charge in [-0.1, -0.05) is 18.2 Å². The van der Waals surface area contributed by atoms with Crippen molar-refractivity contribution in [2.45, 2.75) is 12.3 Å². The van der Waals surface area contributed by atoms with Gasteiger partial charge >= 0.3 is 0 Å². The van der Waals surface area contributed by atoms with E-state index in [1.165, 1.54) is 11.8 Å². The van der Waals surface area contributed by atoms with Gasteiger partial charge in [-0.2, -0.15) is 5.26 Å². The summed E-state index contributed by atoms with van der Waals surface area (Å²) in [5.41, 5.74) is 1.30. The van der Waals surface area contributed by atoms with Crippen molar-refractivity contribution in [3.05, 3.63) is 53.1 Å². The van der Waals surface area contributed by atoms with Crippen LogP contribution in [0.25, 0.3) is 0 Å². The minimum atomic E-state index is -0.312. The normalized spacial score (nSPS) is 18.4. The molecular weight excluding hydrogens is 272 g/mol. The highest BCUT2D eigenvalue weighted by molar-refractivity contribution is 8.03. The molecule has 2 rings (SSSR count). The Bertz CT molecular complexity index is 617. The smallest absolute Gasteiger partial charge is 0.225 e. The molecule has 1 amide bonds. The molecule has 2 N–H and O–H groups in total. The van der Waals surface area contributed by atoms with E-state index >= 15 is 0 Å². The molecule has 0 radical (unpaired) electrons. The summed E-state index contributed by atoms with van der Waals surface area (Å²) in [4.78, 5) is 11.8. The van der Waals surface area contributed by atoms with Crippen molar-refractivity contribution in [3.8, 4) is 11.8 Å². The standard InChI is InChI=1S/C15H14N2O2S/c1-2-6-20-15-13(9-16)12(8-14(19)17-15)10-4-3-5-11(18)7-10/h2-5,7,12,18H,1,6,8H2,(H,17,19)/t12-/m0/s1. The van der Waals surface area contributed by atoms with Crippen LogP contribution >= 0.6 is 11.8 Å².